The molecule has 21 heavy (non-hydrogen) atoms. The predicted molar refractivity (Wildman–Crippen MR) is 84.9 cm³/mol. The molecule has 1 amide bonds. The Morgan fingerprint density at radius 3 is 2.95 bits per heavy atom. The number of ether oxygens (including phenoxy) is 1. The van der Waals surface area contributed by atoms with Gasteiger partial charge in [-0.2, -0.15) is 11.8 Å². The number of thioether (sulfide) groups is 1. The number of hydrogen-bond acceptors (Lipinski definition) is 5. The number of anilines is 1. The van der Waals surface area contributed by atoms with Gasteiger partial charge in [-0.15, -0.1) is 0 Å². The van der Waals surface area contributed by atoms with Crippen LogP contribution in [0.2, 0.25) is 0 Å². The van der Waals surface area contributed by atoms with Gasteiger partial charge in [0.2, 0.25) is 5.91 Å². The molecule has 1 aromatic carbocycles. The lowest BCUT2D eigenvalue weighted by molar-refractivity contribution is -0.116. The molecule has 1 atom stereocenters. The fourth-order valence-corrected chi connectivity index (χ4v) is 3.17. The minimum Gasteiger partial charge on any atom is -0.465 e. The number of rotatable bonds is 4. The van der Waals surface area contributed by atoms with Crippen molar-refractivity contribution in [3.8, 4) is 0 Å². The Kier molecular flexibility index (Phi) is 5.64. The van der Waals surface area contributed by atoms with E-state index >= 15 is 0 Å². The third-order valence-electron chi connectivity index (χ3n) is 3.36. The van der Waals surface area contributed by atoms with E-state index in [9.17, 15) is 9.59 Å². The fourth-order valence-electron chi connectivity index (χ4n) is 2.22. The number of carbonyl (C=O) groups excluding carboxylic acids is 2. The average Bonchev–Trinajstić information content (AvgIpc) is 2.49. The normalized spacial score (nSPS) is 18.1. The lowest BCUT2D eigenvalue weighted by atomic mass is 10.1. The molecule has 0 saturated carbocycles. The molecule has 2 rings (SSSR count). The van der Waals surface area contributed by atoms with E-state index in [1.54, 1.807) is 18.2 Å². The van der Waals surface area contributed by atoms with Crippen LogP contribution in [0.25, 0.3) is 0 Å². The molecular weight excluding hydrogens is 288 g/mol. The van der Waals surface area contributed by atoms with E-state index in [4.69, 9.17) is 4.74 Å². The van der Waals surface area contributed by atoms with Crippen LogP contribution in [0.5, 0.6) is 0 Å². The van der Waals surface area contributed by atoms with E-state index < -0.39 is 5.97 Å². The molecule has 114 valence electrons. The lowest BCUT2D eigenvalue weighted by Gasteiger charge is -2.22. The van der Waals surface area contributed by atoms with Crippen LogP contribution in [0.15, 0.2) is 18.2 Å². The highest BCUT2D eigenvalue weighted by Gasteiger charge is 2.17. The molecule has 0 radical (unpaired) electrons. The summed E-state index contributed by atoms with van der Waals surface area (Å²) in [6.45, 7) is 2.78. The SMILES string of the molecule is COC(=O)c1cc(NC(=O)CC2CSCCN2)ccc1C. The zero-order valence-electron chi connectivity index (χ0n) is 12.3. The number of esters is 1. The topological polar surface area (TPSA) is 67.4 Å². The Bertz CT molecular complexity index is 528. The minimum atomic E-state index is -0.394. The maximum absolute atomic E-state index is 12.0. The minimum absolute atomic E-state index is 0.0466. The van der Waals surface area contributed by atoms with E-state index in [1.165, 1.54) is 7.11 Å². The largest absolute Gasteiger partial charge is 0.465 e. The first-order chi connectivity index (χ1) is 10.1. The van der Waals surface area contributed by atoms with Crippen LogP contribution in [0.1, 0.15) is 22.3 Å². The number of nitrogens with one attached hydrogen (secondary N) is 2. The Balaban J connectivity index is 1.98. The van der Waals surface area contributed by atoms with Crippen LogP contribution in [-0.2, 0) is 9.53 Å². The highest BCUT2D eigenvalue weighted by Crippen LogP contribution is 2.17. The molecule has 1 aromatic rings. The van der Waals surface area contributed by atoms with Gasteiger partial charge in [-0.25, -0.2) is 4.79 Å². The van der Waals surface area contributed by atoms with E-state index in [0.717, 1.165) is 23.6 Å². The average molecular weight is 308 g/mol. The van der Waals surface area contributed by atoms with Gasteiger partial charge in [-0.3, -0.25) is 4.79 Å². The molecule has 0 aromatic heterocycles. The molecule has 5 nitrogen and oxygen atoms in total. The maximum atomic E-state index is 12.0. The lowest BCUT2D eigenvalue weighted by Crippen LogP contribution is -2.39. The molecule has 1 unspecified atom stereocenters. The number of amides is 1. The quantitative estimate of drug-likeness (QED) is 0.831. The van der Waals surface area contributed by atoms with Gasteiger partial charge in [-0.1, -0.05) is 6.07 Å². The molecular formula is C15H20N2O3S. The Morgan fingerprint density at radius 2 is 2.29 bits per heavy atom. The second-order valence-corrected chi connectivity index (χ2v) is 6.15. The van der Waals surface area contributed by atoms with Gasteiger partial charge >= 0.3 is 5.97 Å². The van der Waals surface area contributed by atoms with Crippen LogP contribution < -0.4 is 10.6 Å². The van der Waals surface area contributed by atoms with Crippen molar-refractivity contribution in [3.63, 3.8) is 0 Å². The molecule has 1 fully saturated rings. The summed E-state index contributed by atoms with van der Waals surface area (Å²) in [5.74, 6) is 1.61. The first-order valence-electron chi connectivity index (χ1n) is 6.90. The summed E-state index contributed by atoms with van der Waals surface area (Å²) in [4.78, 5) is 23.7. The van der Waals surface area contributed by atoms with Crippen molar-refractivity contribution in [2.75, 3.05) is 30.5 Å². The second-order valence-electron chi connectivity index (χ2n) is 5.00. The number of aryl methyl sites for hydroxylation is 1. The highest BCUT2D eigenvalue weighted by atomic mass is 32.2. The third kappa shape index (κ3) is 4.47. The van der Waals surface area contributed by atoms with Crippen molar-refractivity contribution in [2.45, 2.75) is 19.4 Å². The Hall–Kier alpha value is -1.53. The second kappa shape index (κ2) is 7.47. The number of hydrogen-bond donors (Lipinski definition) is 2. The highest BCUT2D eigenvalue weighted by molar-refractivity contribution is 7.99. The summed E-state index contributed by atoms with van der Waals surface area (Å²) < 4.78 is 4.73. The summed E-state index contributed by atoms with van der Waals surface area (Å²) in [5.41, 5.74) is 1.92. The van der Waals surface area contributed by atoms with Crippen LogP contribution in [0.4, 0.5) is 5.69 Å². The monoisotopic (exact) mass is 308 g/mol. The van der Waals surface area contributed by atoms with Crippen molar-refractivity contribution in [3.05, 3.63) is 29.3 Å². The Morgan fingerprint density at radius 1 is 1.48 bits per heavy atom. The fraction of sp³-hybridized carbons (Fsp3) is 0.467. The van der Waals surface area contributed by atoms with Crippen molar-refractivity contribution in [1.82, 2.24) is 5.32 Å². The zero-order chi connectivity index (χ0) is 15.2. The van der Waals surface area contributed by atoms with Crippen molar-refractivity contribution in [2.24, 2.45) is 0 Å². The van der Waals surface area contributed by atoms with Gasteiger partial charge in [0.05, 0.1) is 12.7 Å². The van der Waals surface area contributed by atoms with Gasteiger partial charge in [0.25, 0.3) is 0 Å². The molecule has 1 saturated heterocycles. The first kappa shape index (κ1) is 15.9. The molecule has 0 aliphatic carbocycles. The summed E-state index contributed by atoms with van der Waals surface area (Å²) in [7, 11) is 1.35. The van der Waals surface area contributed by atoms with Gasteiger partial charge in [0.1, 0.15) is 0 Å². The molecule has 1 aliphatic heterocycles. The summed E-state index contributed by atoms with van der Waals surface area (Å²) in [5, 5.41) is 6.17. The Labute approximate surface area is 128 Å². The molecule has 0 bridgehead atoms. The molecule has 1 heterocycles. The van der Waals surface area contributed by atoms with E-state index in [1.807, 2.05) is 18.7 Å². The summed E-state index contributed by atoms with van der Waals surface area (Å²) in [6.07, 6.45) is 0.439. The third-order valence-corrected chi connectivity index (χ3v) is 4.49. The first-order valence-corrected chi connectivity index (χ1v) is 8.05. The number of methoxy groups -OCH3 is 1. The molecule has 1 aliphatic rings. The van der Waals surface area contributed by atoms with Crippen LogP contribution in [-0.4, -0.2) is 43.1 Å². The van der Waals surface area contributed by atoms with E-state index in [-0.39, 0.29) is 11.9 Å². The number of carbonyl (C=O) groups is 2. The van der Waals surface area contributed by atoms with Crippen molar-refractivity contribution < 1.29 is 14.3 Å². The van der Waals surface area contributed by atoms with Gasteiger partial charge in [-0.05, 0) is 24.6 Å². The molecule has 2 N–H and O–H groups in total. The number of benzene rings is 1. The van der Waals surface area contributed by atoms with E-state index in [0.29, 0.717) is 17.7 Å². The van der Waals surface area contributed by atoms with Crippen molar-refractivity contribution >= 4 is 29.3 Å². The molecule has 0 spiro atoms. The smallest absolute Gasteiger partial charge is 0.338 e. The summed E-state index contributed by atoms with van der Waals surface area (Å²) >= 11 is 1.86. The standard InChI is InChI=1S/C15H20N2O3S/c1-10-3-4-11(7-13(10)15(19)20-2)17-14(18)8-12-9-21-6-5-16-12/h3-4,7,12,16H,5-6,8-9H2,1-2H3,(H,17,18). The van der Waals surface area contributed by atoms with Crippen molar-refractivity contribution in [1.29, 1.82) is 0 Å². The van der Waals surface area contributed by atoms with Crippen LogP contribution in [0, 0.1) is 6.92 Å². The van der Waals surface area contributed by atoms with Gasteiger partial charge in [0.15, 0.2) is 0 Å². The van der Waals surface area contributed by atoms with Crippen LogP contribution >= 0.6 is 11.8 Å². The van der Waals surface area contributed by atoms with Crippen LogP contribution in [0.3, 0.4) is 0 Å². The predicted octanol–water partition coefficient (Wildman–Crippen LogP) is 1.82. The zero-order valence-corrected chi connectivity index (χ0v) is 13.1. The maximum Gasteiger partial charge on any atom is 0.338 e. The van der Waals surface area contributed by atoms with Gasteiger partial charge in [0, 0.05) is 36.2 Å². The molecule has 6 heteroatoms. The van der Waals surface area contributed by atoms with Gasteiger partial charge < -0.3 is 15.4 Å². The van der Waals surface area contributed by atoms with E-state index in [2.05, 4.69) is 10.6 Å². The summed E-state index contributed by atoms with van der Waals surface area (Å²) in [6, 6.07) is 5.47.